The first-order valence-electron chi connectivity index (χ1n) is 9.08. The molecule has 0 saturated carbocycles. The highest BCUT2D eigenvalue weighted by atomic mass is 32.2. The van der Waals surface area contributed by atoms with Crippen LogP contribution in [0.2, 0.25) is 0 Å². The number of hydrogen-bond acceptors (Lipinski definition) is 5. The molecule has 1 atom stereocenters. The van der Waals surface area contributed by atoms with Crippen LogP contribution in [-0.4, -0.2) is 32.8 Å². The van der Waals surface area contributed by atoms with Crippen molar-refractivity contribution in [3.05, 3.63) is 64.5 Å². The van der Waals surface area contributed by atoms with Gasteiger partial charge in [-0.25, -0.2) is 17.5 Å². The van der Waals surface area contributed by atoms with Gasteiger partial charge in [-0.1, -0.05) is 17.7 Å². The van der Waals surface area contributed by atoms with Crippen LogP contribution >= 0.6 is 0 Å². The average Bonchev–Trinajstić information content (AvgIpc) is 2.60. The predicted octanol–water partition coefficient (Wildman–Crippen LogP) is 3.23. The summed E-state index contributed by atoms with van der Waals surface area (Å²) < 4.78 is 45.5. The van der Waals surface area contributed by atoms with Gasteiger partial charge in [0.1, 0.15) is 5.82 Å². The molecule has 29 heavy (non-hydrogen) atoms. The van der Waals surface area contributed by atoms with Crippen LogP contribution in [0.25, 0.3) is 0 Å². The van der Waals surface area contributed by atoms with Crippen molar-refractivity contribution in [3.63, 3.8) is 0 Å². The van der Waals surface area contributed by atoms with Crippen LogP contribution in [0.1, 0.15) is 40.4 Å². The summed E-state index contributed by atoms with van der Waals surface area (Å²) in [6.45, 7) is 6.56. The number of carbonyl (C=O) groups is 2. The van der Waals surface area contributed by atoms with Crippen LogP contribution in [-0.2, 0) is 19.6 Å². The van der Waals surface area contributed by atoms with Crippen molar-refractivity contribution in [1.82, 2.24) is 4.72 Å². The second kappa shape index (κ2) is 9.28. The summed E-state index contributed by atoms with van der Waals surface area (Å²) in [6, 6.07) is 8.46. The molecule has 8 heteroatoms. The Hall–Kier alpha value is -2.58. The van der Waals surface area contributed by atoms with Crippen LogP contribution in [0.4, 0.5) is 4.39 Å². The lowest BCUT2D eigenvalue weighted by atomic mass is 10.1. The largest absolute Gasteiger partial charge is 0.454 e. The fourth-order valence-electron chi connectivity index (χ4n) is 3.11. The highest BCUT2D eigenvalue weighted by Crippen LogP contribution is 2.21. The number of ether oxygens (including phenoxy) is 1. The molecule has 0 aliphatic rings. The highest BCUT2D eigenvalue weighted by Gasteiger charge is 2.22. The average molecular weight is 421 g/mol. The Labute approximate surface area is 170 Å². The molecule has 0 aliphatic heterocycles. The van der Waals surface area contributed by atoms with E-state index < -0.39 is 33.7 Å². The Balaban J connectivity index is 1.92. The summed E-state index contributed by atoms with van der Waals surface area (Å²) in [5, 5.41) is 0. The SMILES string of the molecule is Cc1cc(C)c(S(=O)(=O)NCCC(=O)O[C@H](C)C(=O)c2ccc(F)cc2)c(C)c1. The zero-order valence-corrected chi connectivity index (χ0v) is 17.6. The summed E-state index contributed by atoms with van der Waals surface area (Å²) in [7, 11) is -3.79. The molecule has 2 aromatic carbocycles. The molecular weight excluding hydrogens is 397 g/mol. The lowest BCUT2D eigenvalue weighted by molar-refractivity contribution is -0.146. The van der Waals surface area contributed by atoms with Gasteiger partial charge in [0.2, 0.25) is 15.8 Å². The van der Waals surface area contributed by atoms with Crippen LogP contribution < -0.4 is 4.72 Å². The van der Waals surface area contributed by atoms with Gasteiger partial charge in [0, 0.05) is 12.1 Å². The number of rotatable bonds is 8. The fraction of sp³-hybridized carbons (Fsp3) is 0.333. The molecule has 0 spiro atoms. The van der Waals surface area contributed by atoms with Crippen molar-refractivity contribution in [2.24, 2.45) is 0 Å². The maximum atomic E-state index is 12.9. The monoisotopic (exact) mass is 421 g/mol. The molecule has 0 bridgehead atoms. The Morgan fingerprint density at radius 3 is 2.17 bits per heavy atom. The first-order chi connectivity index (χ1) is 13.5. The number of Topliss-reactive ketones (excluding diaryl/α,β-unsaturated/α-hetero) is 1. The van der Waals surface area contributed by atoms with E-state index in [-0.39, 0.29) is 23.4 Å². The van der Waals surface area contributed by atoms with E-state index in [4.69, 9.17) is 4.74 Å². The first-order valence-corrected chi connectivity index (χ1v) is 10.6. The predicted molar refractivity (Wildman–Crippen MR) is 107 cm³/mol. The number of halogens is 1. The zero-order chi connectivity index (χ0) is 21.8. The van der Waals surface area contributed by atoms with Crippen molar-refractivity contribution in [2.75, 3.05) is 6.54 Å². The van der Waals surface area contributed by atoms with Gasteiger partial charge in [0.25, 0.3) is 0 Å². The van der Waals surface area contributed by atoms with E-state index in [0.717, 1.165) is 17.7 Å². The molecule has 0 aliphatic carbocycles. The number of aryl methyl sites for hydroxylation is 3. The molecule has 0 aromatic heterocycles. The zero-order valence-electron chi connectivity index (χ0n) is 16.8. The van der Waals surface area contributed by atoms with Crippen LogP contribution in [0.3, 0.4) is 0 Å². The summed E-state index contributed by atoms with van der Waals surface area (Å²) in [5.41, 5.74) is 2.42. The summed E-state index contributed by atoms with van der Waals surface area (Å²) in [4.78, 5) is 24.4. The number of nitrogens with one attached hydrogen (secondary N) is 1. The third-order valence-corrected chi connectivity index (χ3v) is 6.07. The van der Waals surface area contributed by atoms with E-state index in [1.807, 2.05) is 6.92 Å². The minimum Gasteiger partial charge on any atom is -0.454 e. The first kappa shape index (κ1) is 22.7. The normalized spacial score (nSPS) is 12.4. The lowest BCUT2D eigenvalue weighted by Crippen LogP contribution is -2.30. The second-order valence-electron chi connectivity index (χ2n) is 6.88. The summed E-state index contributed by atoms with van der Waals surface area (Å²) >= 11 is 0. The Bertz CT molecular complexity index is 993. The van der Waals surface area contributed by atoms with Crippen LogP contribution in [0.15, 0.2) is 41.3 Å². The molecule has 156 valence electrons. The maximum absolute atomic E-state index is 12.9. The Kier molecular flexibility index (Phi) is 7.26. The summed E-state index contributed by atoms with van der Waals surface area (Å²) in [5.74, 6) is -1.66. The third-order valence-electron chi connectivity index (χ3n) is 4.30. The highest BCUT2D eigenvalue weighted by molar-refractivity contribution is 7.89. The van der Waals surface area contributed by atoms with E-state index >= 15 is 0 Å². The van der Waals surface area contributed by atoms with E-state index in [1.165, 1.54) is 19.1 Å². The summed E-state index contributed by atoms with van der Waals surface area (Å²) in [6.07, 6.45) is -1.30. The van der Waals surface area contributed by atoms with Gasteiger partial charge in [-0.15, -0.1) is 0 Å². The number of sulfonamides is 1. The quantitative estimate of drug-likeness (QED) is 0.522. The topological polar surface area (TPSA) is 89.5 Å². The Morgan fingerprint density at radius 1 is 1.07 bits per heavy atom. The minimum atomic E-state index is -3.79. The molecule has 0 heterocycles. The molecule has 0 radical (unpaired) electrons. The molecular formula is C21H24FNO5S. The van der Waals surface area contributed by atoms with Gasteiger partial charge in [0.05, 0.1) is 11.3 Å². The minimum absolute atomic E-state index is 0.161. The third kappa shape index (κ3) is 5.95. The molecule has 0 amide bonds. The molecule has 1 N–H and O–H groups in total. The molecule has 6 nitrogen and oxygen atoms in total. The number of hydrogen-bond donors (Lipinski definition) is 1. The van der Waals surface area contributed by atoms with Crippen molar-refractivity contribution in [3.8, 4) is 0 Å². The van der Waals surface area contributed by atoms with E-state index in [2.05, 4.69) is 4.72 Å². The van der Waals surface area contributed by atoms with Gasteiger partial charge >= 0.3 is 5.97 Å². The number of benzene rings is 2. The number of carbonyl (C=O) groups excluding carboxylic acids is 2. The second-order valence-corrected chi connectivity index (χ2v) is 8.58. The molecule has 2 aromatic rings. The molecule has 0 saturated heterocycles. The standard InChI is InChI=1S/C21H24FNO5S/c1-13-11-14(2)21(15(3)12-13)29(26,27)23-10-9-19(24)28-16(4)20(25)17-5-7-18(22)8-6-17/h5-8,11-12,16,23H,9-10H2,1-4H3/t16-/m1/s1. The smallest absolute Gasteiger partial charge is 0.307 e. The maximum Gasteiger partial charge on any atom is 0.307 e. The number of esters is 1. The van der Waals surface area contributed by atoms with E-state index in [9.17, 15) is 22.4 Å². The Morgan fingerprint density at radius 2 is 1.62 bits per heavy atom. The van der Waals surface area contributed by atoms with E-state index in [1.54, 1.807) is 26.0 Å². The van der Waals surface area contributed by atoms with Crippen molar-refractivity contribution < 1.29 is 27.1 Å². The van der Waals surface area contributed by atoms with E-state index in [0.29, 0.717) is 11.1 Å². The van der Waals surface area contributed by atoms with Gasteiger partial charge in [-0.05, 0) is 63.1 Å². The van der Waals surface area contributed by atoms with Gasteiger partial charge in [0.15, 0.2) is 6.10 Å². The van der Waals surface area contributed by atoms with Crippen molar-refractivity contribution >= 4 is 21.8 Å². The van der Waals surface area contributed by atoms with Crippen molar-refractivity contribution in [1.29, 1.82) is 0 Å². The van der Waals surface area contributed by atoms with Gasteiger partial charge in [-0.3, -0.25) is 9.59 Å². The molecule has 2 rings (SSSR count). The molecule has 0 fully saturated rings. The van der Waals surface area contributed by atoms with Crippen LogP contribution in [0, 0.1) is 26.6 Å². The van der Waals surface area contributed by atoms with Gasteiger partial charge < -0.3 is 4.74 Å². The number of ketones is 1. The van der Waals surface area contributed by atoms with Crippen LogP contribution in [0.5, 0.6) is 0 Å². The lowest BCUT2D eigenvalue weighted by Gasteiger charge is -2.14. The molecule has 0 unspecified atom stereocenters. The van der Waals surface area contributed by atoms with Crippen molar-refractivity contribution in [2.45, 2.75) is 45.1 Å². The fourth-order valence-corrected chi connectivity index (χ4v) is 4.59. The van der Waals surface area contributed by atoms with Gasteiger partial charge in [-0.2, -0.15) is 0 Å².